The van der Waals surface area contributed by atoms with E-state index in [1.807, 2.05) is 0 Å². The van der Waals surface area contributed by atoms with Gasteiger partial charge in [-0.1, -0.05) is 5.16 Å². The van der Waals surface area contributed by atoms with Gasteiger partial charge in [-0.05, 0) is 0 Å². The molecule has 0 aliphatic heterocycles. The van der Waals surface area contributed by atoms with E-state index in [1.165, 1.54) is 17.4 Å². The zero-order chi connectivity index (χ0) is 9.97. The summed E-state index contributed by atoms with van der Waals surface area (Å²) in [7, 11) is 0. The average molecular weight is 210 g/mol. The van der Waals surface area contributed by atoms with E-state index in [9.17, 15) is 4.79 Å². The molecule has 2 aromatic rings. The molecular formula is C7H6N4O2S. The van der Waals surface area contributed by atoms with E-state index < -0.39 is 0 Å². The van der Waals surface area contributed by atoms with E-state index in [2.05, 4.69) is 20.0 Å². The van der Waals surface area contributed by atoms with Gasteiger partial charge in [0.05, 0.1) is 0 Å². The summed E-state index contributed by atoms with van der Waals surface area (Å²) in [4.78, 5) is 15.3. The van der Waals surface area contributed by atoms with Gasteiger partial charge < -0.3 is 10.3 Å². The topological polar surface area (TPSA) is 94.0 Å². The van der Waals surface area contributed by atoms with E-state index in [-0.39, 0.29) is 17.5 Å². The normalized spacial score (nSPS) is 10.0. The molecule has 0 aromatic carbocycles. The molecular weight excluding hydrogens is 204 g/mol. The van der Waals surface area contributed by atoms with Gasteiger partial charge in [-0.2, -0.15) is 0 Å². The second-order valence-corrected chi connectivity index (χ2v) is 3.30. The van der Waals surface area contributed by atoms with Crippen LogP contribution in [0.15, 0.2) is 22.2 Å². The first kappa shape index (κ1) is 8.70. The van der Waals surface area contributed by atoms with Crippen molar-refractivity contribution in [3.8, 4) is 0 Å². The van der Waals surface area contributed by atoms with Crippen molar-refractivity contribution >= 4 is 28.3 Å². The maximum atomic E-state index is 11.4. The molecule has 0 spiro atoms. The Morgan fingerprint density at radius 2 is 2.50 bits per heavy atom. The number of nitrogens with zero attached hydrogens (tertiary/aromatic N) is 2. The van der Waals surface area contributed by atoms with Gasteiger partial charge in [0.1, 0.15) is 0 Å². The molecule has 0 bridgehead atoms. The first-order valence-corrected chi connectivity index (χ1v) is 4.57. The second-order valence-electron chi connectivity index (χ2n) is 2.41. The maximum Gasteiger partial charge on any atom is 0.279 e. The molecule has 0 saturated carbocycles. The van der Waals surface area contributed by atoms with Gasteiger partial charge >= 0.3 is 0 Å². The molecule has 72 valence electrons. The van der Waals surface area contributed by atoms with Crippen molar-refractivity contribution in [3.05, 3.63) is 23.3 Å². The monoisotopic (exact) mass is 210 g/mol. The summed E-state index contributed by atoms with van der Waals surface area (Å²) in [5, 5.41) is 8.27. The quantitative estimate of drug-likeness (QED) is 0.770. The Bertz CT molecular complexity index is 436. The molecule has 0 aliphatic rings. The van der Waals surface area contributed by atoms with Crippen molar-refractivity contribution in [2.24, 2.45) is 0 Å². The molecule has 1 amide bonds. The molecule has 14 heavy (non-hydrogen) atoms. The number of nitrogens with one attached hydrogen (secondary N) is 1. The molecule has 0 radical (unpaired) electrons. The Labute approximate surface area is 82.7 Å². The van der Waals surface area contributed by atoms with Gasteiger partial charge in [0, 0.05) is 17.6 Å². The molecule has 0 saturated heterocycles. The summed E-state index contributed by atoms with van der Waals surface area (Å²) in [6, 6.07) is 1.35. The van der Waals surface area contributed by atoms with Crippen LogP contribution in [0.2, 0.25) is 0 Å². The Kier molecular flexibility index (Phi) is 2.15. The van der Waals surface area contributed by atoms with Crippen LogP contribution in [-0.2, 0) is 0 Å². The van der Waals surface area contributed by atoms with Crippen LogP contribution in [0.4, 0.5) is 11.0 Å². The highest BCUT2D eigenvalue weighted by molar-refractivity contribution is 7.13. The smallest absolute Gasteiger partial charge is 0.279 e. The molecule has 2 heterocycles. The third-order valence-electron chi connectivity index (χ3n) is 1.41. The predicted molar refractivity (Wildman–Crippen MR) is 51.0 cm³/mol. The minimum absolute atomic E-state index is 0.106. The fourth-order valence-corrected chi connectivity index (χ4v) is 1.37. The van der Waals surface area contributed by atoms with Crippen LogP contribution in [0.5, 0.6) is 0 Å². The molecule has 0 fully saturated rings. The highest BCUT2D eigenvalue weighted by Gasteiger charge is 2.11. The first-order chi connectivity index (χ1) is 6.75. The van der Waals surface area contributed by atoms with Crippen molar-refractivity contribution in [1.82, 2.24) is 10.1 Å². The predicted octanol–water partition coefficient (Wildman–Crippen LogP) is 0.966. The molecule has 7 heteroatoms. The minimum atomic E-state index is -0.389. The lowest BCUT2D eigenvalue weighted by Gasteiger charge is -1.94. The number of carbonyl (C=O) groups excluding carboxylic acids is 1. The summed E-state index contributed by atoms with van der Waals surface area (Å²) in [6.45, 7) is 0. The summed E-state index contributed by atoms with van der Waals surface area (Å²) >= 11 is 1.32. The Hall–Kier alpha value is -1.89. The summed E-state index contributed by atoms with van der Waals surface area (Å²) in [5.41, 5.74) is 5.40. The Balaban J connectivity index is 2.10. The van der Waals surface area contributed by atoms with Crippen molar-refractivity contribution in [2.75, 3.05) is 11.1 Å². The number of aromatic nitrogens is 2. The van der Waals surface area contributed by atoms with Crippen molar-refractivity contribution in [3.63, 3.8) is 0 Å². The Morgan fingerprint density at radius 3 is 3.07 bits per heavy atom. The Morgan fingerprint density at radius 1 is 1.64 bits per heavy atom. The molecule has 6 nitrogen and oxygen atoms in total. The SMILES string of the molecule is Nc1cc(C(=O)Nc2nccs2)no1. The van der Waals surface area contributed by atoms with Gasteiger partial charge in [-0.15, -0.1) is 11.3 Å². The van der Waals surface area contributed by atoms with Crippen LogP contribution in [0.3, 0.4) is 0 Å². The fraction of sp³-hybridized carbons (Fsp3) is 0. The first-order valence-electron chi connectivity index (χ1n) is 3.69. The van der Waals surface area contributed by atoms with Gasteiger partial charge in [-0.3, -0.25) is 10.1 Å². The fourth-order valence-electron chi connectivity index (χ4n) is 0.843. The van der Waals surface area contributed by atoms with Crippen LogP contribution in [0.25, 0.3) is 0 Å². The van der Waals surface area contributed by atoms with E-state index in [1.54, 1.807) is 11.6 Å². The van der Waals surface area contributed by atoms with Crippen LogP contribution < -0.4 is 11.1 Å². The highest BCUT2D eigenvalue weighted by atomic mass is 32.1. The summed E-state index contributed by atoms with van der Waals surface area (Å²) in [6.07, 6.45) is 1.59. The summed E-state index contributed by atoms with van der Waals surface area (Å²) in [5.74, 6) is -0.283. The standard InChI is InChI=1S/C7H6N4O2S/c8-5-3-4(11-13-5)6(12)10-7-9-1-2-14-7/h1-3H,8H2,(H,9,10,12). The van der Waals surface area contributed by atoms with Crippen LogP contribution in [0.1, 0.15) is 10.5 Å². The van der Waals surface area contributed by atoms with Crippen molar-refractivity contribution < 1.29 is 9.32 Å². The van der Waals surface area contributed by atoms with E-state index >= 15 is 0 Å². The van der Waals surface area contributed by atoms with Crippen LogP contribution in [-0.4, -0.2) is 16.0 Å². The van der Waals surface area contributed by atoms with Crippen LogP contribution in [0, 0.1) is 0 Å². The molecule has 0 aliphatic carbocycles. The van der Waals surface area contributed by atoms with Gasteiger partial charge in [0.25, 0.3) is 5.91 Å². The zero-order valence-electron chi connectivity index (χ0n) is 6.93. The number of anilines is 2. The number of hydrogen-bond acceptors (Lipinski definition) is 6. The van der Waals surface area contributed by atoms with Crippen molar-refractivity contribution in [2.45, 2.75) is 0 Å². The van der Waals surface area contributed by atoms with Gasteiger partial charge in [0.2, 0.25) is 5.88 Å². The molecule has 2 rings (SSSR count). The van der Waals surface area contributed by atoms with E-state index in [4.69, 9.17) is 5.73 Å². The number of amides is 1. The lowest BCUT2D eigenvalue weighted by molar-refractivity contribution is 0.101. The number of nitrogens with two attached hydrogens (primary N) is 1. The minimum Gasteiger partial charge on any atom is -0.368 e. The van der Waals surface area contributed by atoms with Gasteiger partial charge in [-0.25, -0.2) is 4.98 Å². The largest absolute Gasteiger partial charge is 0.368 e. The van der Waals surface area contributed by atoms with E-state index in [0.29, 0.717) is 5.13 Å². The number of nitrogen functional groups attached to an aromatic ring is 1. The van der Waals surface area contributed by atoms with Crippen LogP contribution >= 0.6 is 11.3 Å². The third kappa shape index (κ3) is 1.72. The molecule has 0 unspecified atom stereocenters. The number of hydrogen-bond donors (Lipinski definition) is 2. The average Bonchev–Trinajstić information content (AvgIpc) is 2.75. The maximum absolute atomic E-state index is 11.4. The highest BCUT2D eigenvalue weighted by Crippen LogP contribution is 2.12. The van der Waals surface area contributed by atoms with E-state index in [0.717, 1.165) is 0 Å². The number of thiazole rings is 1. The summed E-state index contributed by atoms with van der Waals surface area (Å²) < 4.78 is 4.55. The zero-order valence-corrected chi connectivity index (χ0v) is 7.75. The third-order valence-corrected chi connectivity index (χ3v) is 2.10. The number of rotatable bonds is 2. The molecule has 3 N–H and O–H groups in total. The second kappa shape index (κ2) is 3.46. The van der Waals surface area contributed by atoms with Crippen molar-refractivity contribution in [1.29, 1.82) is 0 Å². The number of carbonyl (C=O) groups is 1. The molecule has 0 atom stereocenters. The lowest BCUT2D eigenvalue weighted by Crippen LogP contribution is -2.11. The van der Waals surface area contributed by atoms with Gasteiger partial charge in [0.15, 0.2) is 10.8 Å². The lowest BCUT2D eigenvalue weighted by atomic mass is 10.4. The molecule has 2 aromatic heterocycles.